The van der Waals surface area contributed by atoms with Gasteiger partial charge in [-0.3, -0.25) is 0 Å². The van der Waals surface area contributed by atoms with Crippen molar-refractivity contribution in [1.82, 2.24) is 0 Å². The summed E-state index contributed by atoms with van der Waals surface area (Å²) < 4.78 is 0. The smallest absolute Gasteiger partial charge is 0.0439 e. The van der Waals surface area contributed by atoms with Gasteiger partial charge >= 0.3 is 0 Å². The molecule has 0 unspecified atom stereocenters. The second-order valence-electron chi connectivity index (χ2n) is 1.08. The summed E-state index contributed by atoms with van der Waals surface area (Å²) in [6.45, 7) is 0. The second kappa shape index (κ2) is 5.14. The molecule has 0 aliphatic rings. The van der Waals surface area contributed by atoms with Crippen molar-refractivity contribution in [3.63, 3.8) is 0 Å². The molecule has 0 aromatic carbocycles. The van der Waals surface area contributed by atoms with E-state index in [1.165, 1.54) is 12.4 Å². The molecule has 3 heteroatoms. The molecule has 40 valence electrons. The molecule has 2 N–H and O–H groups in total. The van der Waals surface area contributed by atoms with Gasteiger partial charge in [-0.15, -0.1) is 5.16 Å². The predicted molar refractivity (Wildman–Crippen MR) is 28.3 cm³/mol. The Hall–Kier alpha value is -0.860. The molecule has 0 saturated heterocycles. The molecule has 0 amide bonds. The summed E-state index contributed by atoms with van der Waals surface area (Å²) >= 11 is 0. The number of oxime groups is 1. The van der Waals surface area contributed by atoms with Gasteiger partial charge in [0.05, 0.1) is 0 Å². The summed E-state index contributed by atoms with van der Waals surface area (Å²) in [5.41, 5.74) is 0. The number of hydrogen-bond donors (Lipinski definition) is 2. The van der Waals surface area contributed by atoms with Crippen LogP contribution in [0.5, 0.6) is 0 Å². The molecular weight excluding hydrogens is 92.1 g/mol. The van der Waals surface area contributed by atoms with Gasteiger partial charge in [-0.25, -0.2) is 0 Å². The van der Waals surface area contributed by atoms with Crippen LogP contribution in [0.2, 0.25) is 0 Å². The van der Waals surface area contributed by atoms with E-state index in [1.54, 1.807) is 0 Å². The minimum Gasteiger partial charge on any atom is -0.411 e. The summed E-state index contributed by atoms with van der Waals surface area (Å²) in [5, 5.41) is 17.0. The Kier molecular flexibility index (Phi) is 4.51. The van der Waals surface area contributed by atoms with Gasteiger partial charge in [-0.05, 0) is 19.1 Å². The number of nitrogens with zero attached hydrogens (tertiary/aromatic N) is 1. The van der Waals surface area contributed by atoms with Gasteiger partial charge in [-0.2, -0.15) is 0 Å². The van der Waals surface area contributed by atoms with Crippen LogP contribution in [0, 0.1) is 5.41 Å². The van der Waals surface area contributed by atoms with Gasteiger partial charge in [0, 0.05) is 6.21 Å². The van der Waals surface area contributed by atoms with Crippen molar-refractivity contribution >= 4 is 12.4 Å². The van der Waals surface area contributed by atoms with Crippen LogP contribution in [0.15, 0.2) is 5.16 Å². The van der Waals surface area contributed by atoms with E-state index in [0.29, 0.717) is 12.8 Å². The van der Waals surface area contributed by atoms with Gasteiger partial charge < -0.3 is 10.6 Å². The minimum absolute atomic E-state index is 0.653. The topological polar surface area (TPSA) is 56.4 Å². The van der Waals surface area contributed by atoms with E-state index >= 15 is 0 Å². The first-order valence-corrected chi connectivity index (χ1v) is 2.06. The standard InChI is InChI=1S/C4H8N2O/c5-3-1-2-4-6-7/h3-5,7H,1-2H2/b5-3?,6-4+. The highest BCUT2D eigenvalue weighted by atomic mass is 16.4. The fourth-order valence-electron chi connectivity index (χ4n) is 0.216. The Morgan fingerprint density at radius 1 is 1.57 bits per heavy atom. The Labute approximate surface area is 42.2 Å². The third kappa shape index (κ3) is 5.14. The summed E-state index contributed by atoms with van der Waals surface area (Å²) in [6.07, 6.45) is 3.96. The first-order chi connectivity index (χ1) is 3.41. The third-order valence-corrected chi connectivity index (χ3v) is 0.522. The summed E-state index contributed by atoms with van der Waals surface area (Å²) in [6, 6.07) is 0. The SMILES string of the molecule is N=CCC/C=N/O. The van der Waals surface area contributed by atoms with Crippen molar-refractivity contribution in [3.05, 3.63) is 0 Å². The molecule has 3 nitrogen and oxygen atoms in total. The van der Waals surface area contributed by atoms with Crippen LogP contribution in [0.3, 0.4) is 0 Å². The van der Waals surface area contributed by atoms with Crippen LogP contribution in [-0.2, 0) is 0 Å². The lowest BCUT2D eigenvalue weighted by Crippen LogP contribution is -1.74. The fourth-order valence-corrected chi connectivity index (χ4v) is 0.216. The van der Waals surface area contributed by atoms with Crippen LogP contribution in [0.4, 0.5) is 0 Å². The maximum Gasteiger partial charge on any atom is 0.0439 e. The van der Waals surface area contributed by atoms with Gasteiger partial charge in [0.1, 0.15) is 0 Å². The minimum atomic E-state index is 0.653. The molecular formula is C4H8N2O. The molecule has 0 bridgehead atoms. The maximum atomic E-state index is 7.79. The summed E-state index contributed by atoms with van der Waals surface area (Å²) in [7, 11) is 0. The Bertz CT molecular complexity index is 70.1. The molecule has 0 saturated carbocycles. The lowest BCUT2D eigenvalue weighted by molar-refractivity contribution is 0.320. The molecule has 0 aliphatic carbocycles. The third-order valence-electron chi connectivity index (χ3n) is 0.522. The van der Waals surface area contributed by atoms with Crippen molar-refractivity contribution in [3.8, 4) is 0 Å². The molecule has 0 rings (SSSR count). The Morgan fingerprint density at radius 3 is 2.71 bits per heavy atom. The van der Waals surface area contributed by atoms with E-state index < -0.39 is 0 Å². The van der Waals surface area contributed by atoms with Crippen LogP contribution >= 0.6 is 0 Å². The molecule has 0 fully saturated rings. The molecule has 7 heavy (non-hydrogen) atoms. The van der Waals surface area contributed by atoms with E-state index in [2.05, 4.69) is 5.16 Å². The van der Waals surface area contributed by atoms with Crippen LogP contribution in [0.1, 0.15) is 12.8 Å². The summed E-state index contributed by atoms with van der Waals surface area (Å²) in [4.78, 5) is 0. The van der Waals surface area contributed by atoms with Crippen molar-refractivity contribution in [2.45, 2.75) is 12.8 Å². The van der Waals surface area contributed by atoms with Crippen LogP contribution < -0.4 is 0 Å². The average molecular weight is 100 g/mol. The highest BCUT2D eigenvalue weighted by Crippen LogP contribution is 1.76. The zero-order chi connectivity index (χ0) is 5.54. The first-order valence-electron chi connectivity index (χ1n) is 2.06. The summed E-state index contributed by atoms with van der Waals surface area (Å²) in [5.74, 6) is 0. The number of unbranched alkanes of at least 4 members (excludes halogenated alkanes) is 1. The molecule has 0 aromatic heterocycles. The van der Waals surface area contributed by atoms with E-state index in [1.807, 2.05) is 0 Å². The highest BCUT2D eigenvalue weighted by Gasteiger charge is 1.72. The predicted octanol–water partition coefficient (Wildman–Crippen LogP) is 0.876. The highest BCUT2D eigenvalue weighted by molar-refractivity contribution is 5.63. The van der Waals surface area contributed by atoms with Gasteiger partial charge in [0.15, 0.2) is 0 Å². The molecule has 0 aromatic rings. The molecule has 0 aliphatic heterocycles. The van der Waals surface area contributed by atoms with E-state index in [9.17, 15) is 0 Å². The molecule has 0 radical (unpaired) electrons. The van der Waals surface area contributed by atoms with Gasteiger partial charge in [-0.1, -0.05) is 0 Å². The molecule has 0 spiro atoms. The van der Waals surface area contributed by atoms with Crippen molar-refractivity contribution in [2.24, 2.45) is 5.16 Å². The molecule has 0 atom stereocenters. The molecule has 0 heterocycles. The lowest BCUT2D eigenvalue weighted by atomic mass is 10.4. The van der Waals surface area contributed by atoms with Gasteiger partial charge in [0.25, 0.3) is 0 Å². The zero-order valence-electron chi connectivity index (χ0n) is 3.96. The first kappa shape index (κ1) is 6.14. The van der Waals surface area contributed by atoms with Crippen molar-refractivity contribution in [2.75, 3.05) is 0 Å². The van der Waals surface area contributed by atoms with Crippen molar-refractivity contribution < 1.29 is 5.21 Å². The monoisotopic (exact) mass is 100 g/mol. The number of nitrogens with one attached hydrogen (secondary N) is 1. The lowest BCUT2D eigenvalue weighted by Gasteiger charge is -1.76. The van der Waals surface area contributed by atoms with E-state index in [0.717, 1.165) is 0 Å². The normalized spacial score (nSPS) is 9.71. The van der Waals surface area contributed by atoms with E-state index in [-0.39, 0.29) is 0 Å². The quantitative estimate of drug-likeness (QED) is 0.235. The average Bonchev–Trinajstić information content (AvgIpc) is 1.69. The largest absolute Gasteiger partial charge is 0.411 e. The van der Waals surface area contributed by atoms with Crippen LogP contribution in [0.25, 0.3) is 0 Å². The second-order valence-corrected chi connectivity index (χ2v) is 1.08. The Morgan fingerprint density at radius 2 is 2.29 bits per heavy atom. The van der Waals surface area contributed by atoms with Crippen molar-refractivity contribution in [1.29, 1.82) is 5.41 Å². The maximum absolute atomic E-state index is 7.79. The fraction of sp³-hybridized carbons (Fsp3) is 0.500. The number of rotatable bonds is 3. The van der Waals surface area contributed by atoms with Crippen LogP contribution in [-0.4, -0.2) is 17.6 Å². The number of hydrogen-bond acceptors (Lipinski definition) is 3. The van der Waals surface area contributed by atoms with Gasteiger partial charge in [0.2, 0.25) is 0 Å². The Balaban J connectivity index is 2.82. The zero-order valence-corrected chi connectivity index (χ0v) is 3.96. The van der Waals surface area contributed by atoms with E-state index in [4.69, 9.17) is 10.6 Å².